The van der Waals surface area contributed by atoms with Crippen molar-refractivity contribution in [1.29, 1.82) is 0 Å². The van der Waals surface area contributed by atoms with E-state index in [0.29, 0.717) is 25.6 Å². The van der Waals surface area contributed by atoms with Crippen molar-refractivity contribution in [1.82, 2.24) is 4.90 Å². The van der Waals surface area contributed by atoms with Crippen LogP contribution in [0.5, 0.6) is 0 Å². The lowest BCUT2D eigenvalue weighted by Gasteiger charge is -2.32. The van der Waals surface area contributed by atoms with Crippen LogP contribution < -0.4 is 0 Å². The lowest BCUT2D eigenvalue weighted by atomic mass is 9.97. The molecular weight excluding hydrogens is 306 g/mol. The molecule has 1 aliphatic rings. The molecular formula is C19H25NO2S. The van der Waals surface area contributed by atoms with Crippen LogP contribution in [-0.2, 0) is 16.0 Å². The molecule has 124 valence electrons. The normalized spacial score (nSPS) is 15.4. The average molecular weight is 331 g/mol. The highest BCUT2D eigenvalue weighted by atomic mass is 32.2. The number of carbonyl (C=O) groups excluding carboxylic acids is 1. The van der Waals surface area contributed by atoms with Gasteiger partial charge in [-0.15, -0.1) is 18.2 Å². The van der Waals surface area contributed by atoms with Gasteiger partial charge in [-0.2, -0.15) is 0 Å². The molecule has 3 nitrogen and oxygen atoms in total. The van der Waals surface area contributed by atoms with Gasteiger partial charge in [0.2, 0.25) is 5.91 Å². The summed E-state index contributed by atoms with van der Waals surface area (Å²) in [7, 11) is 0. The van der Waals surface area contributed by atoms with Crippen molar-refractivity contribution in [3.05, 3.63) is 29.8 Å². The van der Waals surface area contributed by atoms with Crippen LogP contribution in [0.2, 0.25) is 0 Å². The molecule has 23 heavy (non-hydrogen) atoms. The average Bonchev–Trinajstić information content (AvgIpc) is 2.58. The van der Waals surface area contributed by atoms with Crippen molar-refractivity contribution in [2.24, 2.45) is 5.92 Å². The first-order valence-electron chi connectivity index (χ1n) is 8.23. The third-order valence-corrected chi connectivity index (χ3v) is 4.99. The van der Waals surface area contributed by atoms with Crippen molar-refractivity contribution >= 4 is 17.7 Å². The highest BCUT2D eigenvalue weighted by Gasteiger charge is 2.22. The van der Waals surface area contributed by atoms with Crippen LogP contribution in [0.25, 0.3) is 0 Å². The number of terminal acetylenes is 1. The van der Waals surface area contributed by atoms with Gasteiger partial charge in [-0.05, 0) is 42.2 Å². The summed E-state index contributed by atoms with van der Waals surface area (Å²) < 4.78 is 5.40. The highest BCUT2D eigenvalue weighted by molar-refractivity contribution is 7.99. The molecule has 0 atom stereocenters. The summed E-state index contributed by atoms with van der Waals surface area (Å²) in [6.45, 7) is 4.89. The smallest absolute Gasteiger partial charge is 0.226 e. The van der Waals surface area contributed by atoms with Gasteiger partial charge in [0.25, 0.3) is 0 Å². The third-order valence-electron chi connectivity index (χ3n) is 4.10. The molecule has 4 heteroatoms. The summed E-state index contributed by atoms with van der Waals surface area (Å²) in [6.07, 6.45) is 7.68. The zero-order chi connectivity index (χ0) is 16.5. The number of rotatable bonds is 7. The molecule has 0 aromatic heterocycles. The molecule has 1 aliphatic heterocycles. The molecule has 1 aromatic rings. The maximum absolute atomic E-state index is 12.4. The molecule has 0 N–H and O–H groups in total. The van der Waals surface area contributed by atoms with Crippen molar-refractivity contribution < 1.29 is 9.53 Å². The van der Waals surface area contributed by atoms with Crippen molar-refractivity contribution in [2.45, 2.75) is 31.1 Å². The number of nitrogens with zero attached hydrogens (tertiary/aromatic N) is 1. The van der Waals surface area contributed by atoms with E-state index in [2.05, 4.69) is 37.1 Å². The lowest BCUT2D eigenvalue weighted by molar-refractivity contribution is -0.132. The summed E-state index contributed by atoms with van der Waals surface area (Å²) in [5.41, 5.74) is 1.09. The Bertz CT molecular complexity index is 527. The molecule has 1 saturated heterocycles. The van der Waals surface area contributed by atoms with E-state index in [1.807, 2.05) is 16.7 Å². The molecule has 0 spiro atoms. The lowest BCUT2D eigenvalue weighted by Crippen LogP contribution is -2.40. The third kappa shape index (κ3) is 5.93. The minimum atomic E-state index is 0.226. The summed E-state index contributed by atoms with van der Waals surface area (Å²) in [5, 5.41) is 0. The van der Waals surface area contributed by atoms with Gasteiger partial charge in [0.05, 0.1) is 13.0 Å². The Morgan fingerprint density at radius 3 is 2.65 bits per heavy atom. The summed E-state index contributed by atoms with van der Waals surface area (Å²) in [5.74, 6) is 4.30. The van der Waals surface area contributed by atoms with E-state index in [1.54, 1.807) is 0 Å². The Morgan fingerprint density at radius 2 is 2.04 bits per heavy atom. The number of carbonyl (C=O) groups is 1. The van der Waals surface area contributed by atoms with E-state index in [0.717, 1.165) is 37.2 Å². The molecule has 0 radical (unpaired) electrons. The topological polar surface area (TPSA) is 29.5 Å². The van der Waals surface area contributed by atoms with E-state index in [9.17, 15) is 4.79 Å². The van der Waals surface area contributed by atoms with Gasteiger partial charge in [-0.25, -0.2) is 0 Å². The fraction of sp³-hybridized carbons (Fsp3) is 0.526. The first-order valence-corrected chi connectivity index (χ1v) is 9.22. The van der Waals surface area contributed by atoms with Gasteiger partial charge < -0.3 is 9.64 Å². The quantitative estimate of drug-likeness (QED) is 0.436. The second-order valence-electron chi connectivity index (χ2n) is 5.80. The van der Waals surface area contributed by atoms with Crippen LogP contribution in [0.3, 0.4) is 0 Å². The SMILES string of the molecule is C#CCOCC1CCN(C(=O)Cc2ccc(SCC)cc2)CC1. The van der Waals surface area contributed by atoms with Crippen molar-refractivity contribution in [2.75, 3.05) is 32.1 Å². The predicted molar refractivity (Wildman–Crippen MR) is 95.5 cm³/mol. The Balaban J connectivity index is 1.75. The Kier molecular flexibility index (Phi) is 7.51. The van der Waals surface area contributed by atoms with Crippen LogP contribution in [0, 0.1) is 18.3 Å². The number of benzene rings is 1. The van der Waals surface area contributed by atoms with E-state index >= 15 is 0 Å². The van der Waals surface area contributed by atoms with Gasteiger partial charge >= 0.3 is 0 Å². The number of amides is 1. The summed E-state index contributed by atoms with van der Waals surface area (Å²) in [4.78, 5) is 15.6. The maximum atomic E-state index is 12.4. The first kappa shape index (κ1) is 17.9. The highest BCUT2D eigenvalue weighted by Crippen LogP contribution is 2.20. The van der Waals surface area contributed by atoms with Gasteiger partial charge in [0.15, 0.2) is 0 Å². The van der Waals surface area contributed by atoms with E-state index in [4.69, 9.17) is 11.2 Å². The number of ether oxygens (including phenoxy) is 1. The predicted octanol–water partition coefficient (Wildman–Crippen LogP) is 3.23. The molecule has 0 aliphatic carbocycles. The van der Waals surface area contributed by atoms with Crippen molar-refractivity contribution in [3.8, 4) is 12.3 Å². The van der Waals surface area contributed by atoms with Crippen LogP contribution >= 0.6 is 11.8 Å². The van der Waals surface area contributed by atoms with Crippen LogP contribution in [0.15, 0.2) is 29.2 Å². The largest absolute Gasteiger partial charge is 0.369 e. The summed E-state index contributed by atoms with van der Waals surface area (Å²) in [6, 6.07) is 8.34. The second kappa shape index (κ2) is 9.64. The van der Waals surface area contributed by atoms with Gasteiger partial charge in [0.1, 0.15) is 6.61 Å². The number of likely N-dealkylation sites (tertiary alicyclic amines) is 1. The zero-order valence-electron chi connectivity index (χ0n) is 13.8. The number of thioether (sulfide) groups is 1. The molecule has 1 amide bonds. The number of piperidine rings is 1. The molecule has 0 unspecified atom stereocenters. The monoisotopic (exact) mass is 331 g/mol. The molecule has 0 saturated carbocycles. The Labute approximate surface area is 143 Å². The minimum absolute atomic E-state index is 0.226. The second-order valence-corrected chi connectivity index (χ2v) is 7.13. The molecule has 1 aromatic carbocycles. The van der Waals surface area contributed by atoms with Crippen LogP contribution in [0.4, 0.5) is 0 Å². The number of hydrogen-bond acceptors (Lipinski definition) is 3. The Hall–Kier alpha value is -1.44. The van der Waals surface area contributed by atoms with Gasteiger partial charge in [-0.3, -0.25) is 4.79 Å². The van der Waals surface area contributed by atoms with E-state index < -0.39 is 0 Å². The van der Waals surface area contributed by atoms with Crippen molar-refractivity contribution in [3.63, 3.8) is 0 Å². The molecule has 1 fully saturated rings. The fourth-order valence-electron chi connectivity index (χ4n) is 2.79. The fourth-order valence-corrected chi connectivity index (χ4v) is 3.45. The number of hydrogen-bond donors (Lipinski definition) is 0. The van der Waals surface area contributed by atoms with Crippen LogP contribution in [0.1, 0.15) is 25.3 Å². The van der Waals surface area contributed by atoms with Gasteiger partial charge in [-0.1, -0.05) is 25.0 Å². The molecule has 2 rings (SSSR count). The maximum Gasteiger partial charge on any atom is 0.226 e. The van der Waals surface area contributed by atoms with E-state index in [-0.39, 0.29) is 5.91 Å². The van der Waals surface area contributed by atoms with Crippen LogP contribution in [-0.4, -0.2) is 42.9 Å². The Morgan fingerprint density at radius 1 is 1.35 bits per heavy atom. The van der Waals surface area contributed by atoms with E-state index in [1.165, 1.54) is 4.90 Å². The standard InChI is InChI=1S/C19H25NO2S/c1-3-13-22-15-17-9-11-20(12-10-17)19(21)14-16-5-7-18(8-6-16)23-4-2/h1,5-8,17H,4,9-15H2,2H3. The minimum Gasteiger partial charge on any atom is -0.369 e. The summed E-state index contributed by atoms with van der Waals surface area (Å²) >= 11 is 1.82. The first-order chi connectivity index (χ1) is 11.2. The molecule has 0 bridgehead atoms. The zero-order valence-corrected chi connectivity index (χ0v) is 14.6. The molecule has 1 heterocycles. The van der Waals surface area contributed by atoms with Gasteiger partial charge in [0, 0.05) is 18.0 Å².